The lowest BCUT2D eigenvalue weighted by molar-refractivity contribution is -0.386. The van der Waals surface area contributed by atoms with Gasteiger partial charge >= 0.3 is 11.9 Å². The van der Waals surface area contributed by atoms with Gasteiger partial charge in [0.25, 0.3) is 5.60 Å². The van der Waals surface area contributed by atoms with Crippen LogP contribution in [-0.4, -0.2) is 22.3 Å². The van der Waals surface area contributed by atoms with Gasteiger partial charge in [0.1, 0.15) is 17.5 Å². The van der Waals surface area contributed by atoms with Gasteiger partial charge in [-0.25, -0.2) is 0 Å². The van der Waals surface area contributed by atoms with E-state index in [1.165, 1.54) is 42.6 Å². The van der Waals surface area contributed by atoms with Crippen LogP contribution in [0.15, 0.2) is 66.9 Å². The maximum absolute atomic E-state index is 13.2. The number of benzene rings is 2. The van der Waals surface area contributed by atoms with Crippen LogP contribution in [0, 0.1) is 21.4 Å². The summed E-state index contributed by atoms with van der Waals surface area (Å²) in [4.78, 5) is 27.9. The second-order valence-electron chi connectivity index (χ2n) is 7.00. The predicted octanol–water partition coefficient (Wildman–Crippen LogP) is 5.50. The van der Waals surface area contributed by atoms with E-state index in [1.54, 1.807) is 6.07 Å². The first kappa shape index (κ1) is 25.5. The average Bonchev–Trinajstić information content (AvgIpc) is 2.83. The average molecular weight is 506 g/mol. The van der Waals surface area contributed by atoms with Gasteiger partial charge in [0.05, 0.1) is 22.1 Å². The summed E-state index contributed by atoms with van der Waals surface area (Å²) in [5, 5.41) is 21.1. The van der Waals surface area contributed by atoms with Crippen molar-refractivity contribution in [1.29, 1.82) is 5.26 Å². The van der Waals surface area contributed by atoms with Crippen LogP contribution in [0.1, 0.15) is 17.7 Å². The number of nitrogens with zero attached hydrogens (tertiary/aromatic N) is 3. The van der Waals surface area contributed by atoms with E-state index in [0.717, 1.165) is 18.2 Å². The fourth-order valence-electron chi connectivity index (χ4n) is 3.05. The van der Waals surface area contributed by atoms with Crippen molar-refractivity contribution in [2.75, 3.05) is 6.61 Å². The molecule has 0 aliphatic carbocycles. The number of aromatic nitrogens is 1. The van der Waals surface area contributed by atoms with Gasteiger partial charge in [-0.2, -0.15) is 18.4 Å². The molecule has 3 rings (SSSR count). The summed E-state index contributed by atoms with van der Waals surface area (Å²) >= 11 is 5.86. The highest BCUT2D eigenvalue weighted by atomic mass is 35.5. The minimum atomic E-state index is -4.59. The lowest BCUT2D eigenvalue weighted by Gasteiger charge is -2.25. The van der Waals surface area contributed by atoms with Crippen molar-refractivity contribution in [2.24, 2.45) is 0 Å². The number of para-hydroxylation sites is 2. The fourth-order valence-corrected chi connectivity index (χ4v) is 3.28. The standard InChI is InChI=1S/C23H15ClF3N3O5/c24-16-13-15(23(25,26)27)8-9-18(16)34-12-10-21(31)22(14-28,20-7-3-4-11-29-20)35-19-6-2-1-5-17(19)30(32)33/h1-9,11,13H,10,12H2. The molecule has 2 aromatic carbocycles. The molecular weight excluding hydrogens is 491 g/mol. The Hall–Kier alpha value is -4.17. The van der Waals surface area contributed by atoms with E-state index < -0.39 is 40.2 Å². The first-order valence-electron chi connectivity index (χ1n) is 9.86. The summed E-state index contributed by atoms with van der Waals surface area (Å²) in [6, 6.07) is 13.8. The number of nitro groups is 1. The summed E-state index contributed by atoms with van der Waals surface area (Å²) < 4.78 is 49.4. The van der Waals surface area contributed by atoms with Gasteiger partial charge in [-0.05, 0) is 36.4 Å². The molecule has 0 amide bonds. The highest BCUT2D eigenvalue weighted by Gasteiger charge is 2.45. The van der Waals surface area contributed by atoms with E-state index in [-0.39, 0.29) is 28.8 Å². The van der Waals surface area contributed by atoms with E-state index >= 15 is 0 Å². The second kappa shape index (κ2) is 10.4. The van der Waals surface area contributed by atoms with E-state index in [2.05, 4.69) is 4.98 Å². The molecule has 1 aromatic heterocycles. The highest BCUT2D eigenvalue weighted by Crippen LogP contribution is 2.36. The van der Waals surface area contributed by atoms with Crippen molar-refractivity contribution in [3.05, 3.63) is 93.3 Å². The molecule has 0 spiro atoms. The molecule has 0 bridgehead atoms. The number of pyridine rings is 1. The Morgan fingerprint density at radius 3 is 2.43 bits per heavy atom. The smallest absolute Gasteiger partial charge is 0.416 e. The SMILES string of the molecule is N#CC(Oc1ccccc1[N+](=O)[O-])(C(=O)CCOc1ccc(C(F)(F)F)cc1Cl)c1ccccn1. The summed E-state index contributed by atoms with van der Waals surface area (Å²) in [5.41, 5.74) is -3.91. The van der Waals surface area contributed by atoms with Gasteiger partial charge in [0, 0.05) is 18.7 Å². The van der Waals surface area contributed by atoms with Crippen LogP contribution in [0.3, 0.4) is 0 Å². The van der Waals surface area contributed by atoms with Crippen LogP contribution in [0.2, 0.25) is 5.02 Å². The van der Waals surface area contributed by atoms with Crippen molar-refractivity contribution < 1.29 is 32.4 Å². The minimum absolute atomic E-state index is 0.104. The van der Waals surface area contributed by atoms with Crippen molar-refractivity contribution in [1.82, 2.24) is 4.98 Å². The van der Waals surface area contributed by atoms with Gasteiger partial charge in [-0.3, -0.25) is 19.9 Å². The summed E-state index contributed by atoms with van der Waals surface area (Å²) in [5.74, 6) is -1.28. The van der Waals surface area contributed by atoms with Gasteiger partial charge in [-0.15, -0.1) is 0 Å². The number of carbonyl (C=O) groups excluding carboxylic acids is 1. The number of ketones is 1. The van der Waals surface area contributed by atoms with Crippen molar-refractivity contribution in [2.45, 2.75) is 18.2 Å². The zero-order valence-corrected chi connectivity index (χ0v) is 18.4. The number of carbonyl (C=O) groups is 1. The van der Waals surface area contributed by atoms with E-state index in [9.17, 15) is 33.3 Å². The molecule has 12 heteroatoms. The van der Waals surface area contributed by atoms with Crippen LogP contribution in [-0.2, 0) is 16.6 Å². The van der Waals surface area contributed by atoms with Gasteiger partial charge in [0.15, 0.2) is 5.75 Å². The van der Waals surface area contributed by atoms with Crippen molar-refractivity contribution >= 4 is 23.1 Å². The molecule has 1 atom stereocenters. The molecule has 0 saturated carbocycles. The molecule has 8 nitrogen and oxygen atoms in total. The van der Waals surface area contributed by atoms with E-state index in [0.29, 0.717) is 6.07 Å². The number of alkyl halides is 3. The molecule has 35 heavy (non-hydrogen) atoms. The molecule has 0 aliphatic heterocycles. The Balaban J connectivity index is 1.86. The third kappa shape index (κ3) is 5.67. The van der Waals surface area contributed by atoms with Gasteiger partial charge in [0.2, 0.25) is 5.78 Å². The second-order valence-corrected chi connectivity index (χ2v) is 7.41. The molecule has 0 saturated heterocycles. The molecule has 0 aliphatic rings. The molecular formula is C23H15ClF3N3O5. The zero-order chi connectivity index (χ0) is 25.6. The quantitative estimate of drug-likeness (QED) is 0.278. The highest BCUT2D eigenvalue weighted by molar-refractivity contribution is 6.32. The molecule has 1 heterocycles. The number of nitriles is 1. The van der Waals surface area contributed by atoms with Gasteiger partial charge < -0.3 is 9.47 Å². The number of hydrogen-bond acceptors (Lipinski definition) is 7. The topological polar surface area (TPSA) is 115 Å². The maximum atomic E-state index is 13.2. The minimum Gasteiger partial charge on any atom is -0.492 e. The van der Waals surface area contributed by atoms with Crippen LogP contribution < -0.4 is 9.47 Å². The maximum Gasteiger partial charge on any atom is 0.416 e. The van der Waals surface area contributed by atoms with Gasteiger partial charge in [-0.1, -0.05) is 29.8 Å². The largest absolute Gasteiger partial charge is 0.492 e. The predicted molar refractivity (Wildman–Crippen MR) is 117 cm³/mol. The molecule has 180 valence electrons. The van der Waals surface area contributed by atoms with Crippen LogP contribution >= 0.6 is 11.6 Å². The monoisotopic (exact) mass is 505 g/mol. The van der Waals surface area contributed by atoms with Crippen LogP contribution in [0.4, 0.5) is 18.9 Å². The third-order valence-electron chi connectivity index (χ3n) is 4.75. The summed E-state index contributed by atoms with van der Waals surface area (Å²) in [7, 11) is 0. The summed E-state index contributed by atoms with van der Waals surface area (Å²) in [6.45, 7) is -0.375. The first-order chi connectivity index (χ1) is 16.6. The molecule has 3 aromatic rings. The fraction of sp³-hybridized carbons (Fsp3) is 0.174. The third-order valence-corrected chi connectivity index (χ3v) is 5.04. The van der Waals surface area contributed by atoms with E-state index in [1.807, 2.05) is 0 Å². The first-order valence-corrected chi connectivity index (χ1v) is 10.2. The summed E-state index contributed by atoms with van der Waals surface area (Å²) in [6.07, 6.45) is -3.73. The lowest BCUT2D eigenvalue weighted by Crippen LogP contribution is -2.42. The number of hydrogen-bond donors (Lipinski definition) is 0. The Kier molecular flexibility index (Phi) is 7.56. The van der Waals surface area contributed by atoms with E-state index in [4.69, 9.17) is 21.1 Å². The Bertz CT molecular complexity index is 1280. The Morgan fingerprint density at radius 2 is 1.83 bits per heavy atom. The molecule has 0 fully saturated rings. The molecule has 0 radical (unpaired) electrons. The van der Waals surface area contributed by atoms with Crippen molar-refractivity contribution in [3.8, 4) is 17.6 Å². The Morgan fingerprint density at radius 1 is 1.11 bits per heavy atom. The number of rotatable bonds is 9. The zero-order valence-electron chi connectivity index (χ0n) is 17.7. The van der Waals surface area contributed by atoms with Crippen molar-refractivity contribution in [3.63, 3.8) is 0 Å². The number of ether oxygens (including phenoxy) is 2. The number of nitro benzene ring substituents is 1. The van der Waals surface area contributed by atoms with Crippen LogP contribution in [0.25, 0.3) is 0 Å². The number of Topliss-reactive ketones (excluding diaryl/α,β-unsaturated/α-hetero) is 1. The lowest BCUT2D eigenvalue weighted by atomic mass is 9.92. The molecule has 0 N–H and O–H groups in total. The normalized spacial score (nSPS) is 12.8. The Labute approximate surface area is 201 Å². The number of halogens is 4. The molecule has 1 unspecified atom stereocenters. The van der Waals surface area contributed by atoms with Crippen LogP contribution in [0.5, 0.6) is 11.5 Å².